The molecular weight excluding hydrogens is 560 g/mol. The Kier molecular flexibility index (Phi) is 6.14. The van der Waals surface area contributed by atoms with Gasteiger partial charge < -0.3 is 9.32 Å². The van der Waals surface area contributed by atoms with Gasteiger partial charge in [-0.15, -0.1) is 0 Å². The van der Waals surface area contributed by atoms with Crippen LogP contribution in [-0.2, 0) is 0 Å². The fraction of sp³-hybridized carbons (Fsp3) is 0. The monoisotopic (exact) mass is 588 g/mol. The summed E-state index contributed by atoms with van der Waals surface area (Å²) in [5.74, 6) is 0. The van der Waals surface area contributed by atoms with Crippen molar-refractivity contribution >= 4 is 60.7 Å². The van der Waals surface area contributed by atoms with E-state index in [1.807, 2.05) is 18.2 Å². The molecule has 9 aromatic rings. The van der Waals surface area contributed by atoms with Crippen molar-refractivity contribution in [2.45, 2.75) is 0 Å². The SMILES string of the molecule is c1ccc(N(c2ccccc2)c2ccc(-c3ccc(-c4nc5ccccc5c5c4ccc4c6ccccc6oc45)cc3)cc2)cc1. The van der Waals surface area contributed by atoms with Gasteiger partial charge in [0.2, 0.25) is 0 Å². The van der Waals surface area contributed by atoms with Gasteiger partial charge in [-0.3, -0.25) is 0 Å². The van der Waals surface area contributed by atoms with E-state index in [4.69, 9.17) is 9.40 Å². The molecule has 0 amide bonds. The molecule has 7 aromatic carbocycles. The predicted molar refractivity (Wildman–Crippen MR) is 192 cm³/mol. The van der Waals surface area contributed by atoms with Crippen LogP contribution < -0.4 is 4.90 Å². The molecule has 216 valence electrons. The first-order valence-electron chi connectivity index (χ1n) is 15.6. The second-order valence-corrected chi connectivity index (χ2v) is 11.6. The summed E-state index contributed by atoms with van der Waals surface area (Å²) in [5.41, 5.74) is 10.5. The minimum atomic E-state index is 0.901. The minimum Gasteiger partial charge on any atom is -0.455 e. The van der Waals surface area contributed by atoms with Gasteiger partial charge in [0, 0.05) is 49.6 Å². The summed E-state index contributed by atoms with van der Waals surface area (Å²) in [5, 5.41) is 5.55. The maximum absolute atomic E-state index is 6.49. The Morgan fingerprint density at radius 1 is 0.391 bits per heavy atom. The van der Waals surface area contributed by atoms with E-state index in [-0.39, 0.29) is 0 Å². The molecule has 0 aliphatic heterocycles. The van der Waals surface area contributed by atoms with Crippen molar-refractivity contribution in [2.24, 2.45) is 0 Å². The maximum atomic E-state index is 6.49. The molecule has 46 heavy (non-hydrogen) atoms. The topological polar surface area (TPSA) is 29.3 Å². The second kappa shape index (κ2) is 10.8. The maximum Gasteiger partial charge on any atom is 0.144 e. The predicted octanol–water partition coefficient (Wildman–Crippen LogP) is 12.1. The molecule has 9 rings (SSSR count). The lowest BCUT2D eigenvalue weighted by atomic mass is 9.96. The number of nitrogens with zero attached hydrogens (tertiary/aromatic N) is 2. The van der Waals surface area contributed by atoms with Gasteiger partial charge in [-0.05, 0) is 65.7 Å². The van der Waals surface area contributed by atoms with Crippen LogP contribution in [0.1, 0.15) is 0 Å². The van der Waals surface area contributed by atoms with Gasteiger partial charge in [-0.1, -0.05) is 115 Å². The molecule has 2 heterocycles. The largest absolute Gasteiger partial charge is 0.455 e. The van der Waals surface area contributed by atoms with E-state index in [0.29, 0.717) is 0 Å². The third kappa shape index (κ3) is 4.33. The molecule has 0 N–H and O–H groups in total. The van der Waals surface area contributed by atoms with Gasteiger partial charge in [0.1, 0.15) is 11.2 Å². The lowest BCUT2D eigenvalue weighted by molar-refractivity contribution is 0.673. The van der Waals surface area contributed by atoms with E-state index in [0.717, 1.165) is 83.1 Å². The third-order valence-corrected chi connectivity index (χ3v) is 8.85. The van der Waals surface area contributed by atoms with Crippen LogP contribution in [0.2, 0.25) is 0 Å². The van der Waals surface area contributed by atoms with Crippen molar-refractivity contribution in [1.82, 2.24) is 4.98 Å². The molecule has 0 bridgehead atoms. The summed E-state index contributed by atoms with van der Waals surface area (Å²) >= 11 is 0. The Balaban J connectivity index is 1.12. The fourth-order valence-electron chi connectivity index (χ4n) is 6.66. The second-order valence-electron chi connectivity index (χ2n) is 11.6. The van der Waals surface area contributed by atoms with E-state index in [1.165, 1.54) is 0 Å². The molecule has 2 aromatic heterocycles. The lowest BCUT2D eigenvalue weighted by Crippen LogP contribution is -2.09. The Hall–Kier alpha value is -6.19. The molecule has 0 radical (unpaired) electrons. The van der Waals surface area contributed by atoms with Gasteiger partial charge in [0.05, 0.1) is 11.2 Å². The molecule has 0 atom stereocenters. The molecule has 0 aliphatic rings. The van der Waals surface area contributed by atoms with Gasteiger partial charge in [0.25, 0.3) is 0 Å². The number of rotatable bonds is 5. The zero-order valence-corrected chi connectivity index (χ0v) is 25.0. The summed E-state index contributed by atoms with van der Waals surface area (Å²) in [6.07, 6.45) is 0. The van der Waals surface area contributed by atoms with Crippen LogP contribution in [0, 0.1) is 0 Å². The van der Waals surface area contributed by atoms with Crippen molar-refractivity contribution in [3.8, 4) is 22.4 Å². The summed E-state index contributed by atoms with van der Waals surface area (Å²) in [7, 11) is 0. The molecule has 0 spiro atoms. The van der Waals surface area contributed by atoms with Gasteiger partial charge in [-0.25, -0.2) is 4.98 Å². The summed E-state index contributed by atoms with van der Waals surface area (Å²) < 4.78 is 6.49. The van der Waals surface area contributed by atoms with Crippen LogP contribution in [0.4, 0.5) is 17.1 Å². The molecule has 3 nitrogen and oxygen atoms in total. The summed E-state index contributed by atoms with van der Waals surface area (Å²) in [4.78, 5) is 7.46. The van der Waals surface area contributed by atoms with Crippen molar-refractivity contribution in [3.05, 3.63) is 170 Å². The fourth-order valence-corrected chi connectivity index (χ4v) is 6.66. The lowest BCUT2D eigenvalue weighted by Gasteiger charge is -2.25. The third-order valence-electron chi connectivity index (χ3n) is 8.85. The number of fused-ring (bicyclic) bond motifs is 7. The van der Waals surface area contributed by atoms with E-state index in [2.05, 4.69) is 157 Å². The van der Waals surface area contributed by atoms with E-state index in [1.54, 1.807) is 0 Å². The highest BCUT2D eigenvalue weighted by molar-refractivity contribution is 6.24. The summed E-state index contributed by atoms with van der Waals surface area (Å²) in [6.45, 7) is 0. The zero-order valence-electron chi connectivity index (χ0n) is 25.0. The van der Waals surface area contributed by atoms with E-state index < -0.39 is 0 Å². The van der Waals surface area contributed by atoms with E-state index >= 15 is 0 Å². The van der Waals surface area contributed by atoms with Crippen molar-refractivity contribution < 1.29 is 4.42 Å². The van der Waals surface area contributed by atoms with Crippen LogP contribution in [0.5, 0.6) is 0 Å². The number of anilines is 3. The molecule has 0 unspecified atom stereocenters. The standard InChI is InChI=1S/C43H28N2O/c1-3-11-32(12-4-1)45(33-13-5-2-6-14-33)34-25-23-30(24-26-34)29-19-21-31(22-20-29)42-38-28-27-36-35-15-8-10-18-40(35)46-43(36)41(38)37-16-7-9-17-39(37)44-42/h1-28H. The number of hydrogen-bond acceptors (Lipinski definition) is 3. The average Bonchev–Trinajstić information content (AvgIpc) is 3.52. The highest BCUT2D eigenvalue weighted by Gasteiger charge is 2.17. The van der Waals surface area contributed by atoms with Crippen LogP contribution in [0.25, 0.3) is 66.0 Å². The Labute approximate surface area is 266 Å². The first-order valence-corrected chi connectivity index (χ1v) is 15.6. The van der Waals surface area contributed by atoms with Crippen molar-refractivity contribution in [3.63, 3.8) is 0 Å². The zero-order chi connectivity index (χ0) is 30.5. The molecule has 0 saturated carbocycles. The van der Waals surface area contributed by atoms with Gasteiger partial charge >= 0.3 is 0 Å². The Bertz CT molecular complexity index is 2460. The molecule has 3 heteroatoms. The number of aromatic nitrogens is 1. The van der Waals surface area contributed by atoms with Crippen LogP contribution in [0.3, 0.4) is 0 Å². The van der Waals surface area contributed by atoms with Crippen LogP contribution in [-0.4, -0.2) is 4.98 Å². The van der Waals surface area contributed by atoms with Crippen molar-refractivity contribution in [1.29, 1.82) is 0 Å². The number of furan rings is 1. The Morgan fingerprint density at radius 3 is 1.61 bits per heavy atom. The van der Waals surface area contributed by atoms with Crippen molar-refractivity contribution in [2.75, 3.05) is 4.90 Å². The Morgan fingerprint density at radius 2 is 0.913 bits per heavy atom. The van der Waals surface area contributed by atoms with E-state index in [9.17, 15) is 0 Å². The van der Waals surface area contributed by atoms with Crippen LogP contribution in [0.15, 0.2) is 174 Å². The van der Waals surface area contributed by atoms with Gasteiger partial charge in [-0.2, -0.15) is 0 Å². The number of benzene rings is 7. The average molecular weight is 589 g/mol. The van der Waals surface area contributed by atoms with Crippen LogP contribution >= 0.6 is 0 Å². The van der Waals surface area contributed by atoms with Gasteiger partial charge in [0.15, 0.2) is 0 Å². The highest BCUT2D eigenvalue weighted by atomic mass is 16.3. The molecular formula is C43H28N2O. The number of para-hydroxylation sites is 4. The first kappa shape index (κ1) is 26.2. The minimum absolute atomic E-state index is 0.901. The first-order chi connectivity index (χ1) is 22.8. The quantitative estimate of drug-likeness (QED) is 0.187. The smallest absolute Gasteiger partial charge is 0.144 e. The summed E-state index contributed by atoms with van der Waals surface area (Å²) in [6, 6.07) is 59.5. The molecule has 0 fully saturated rings. The molecule has 0 aliphatic carbocycles. The normalized spacial score (nSPS) is 11.5. The molecule has 0 saturated heterocycles. The number of pyridine rings is 1. The number of hydrogen-bond donors (Lipinski definition) is 0. The highest BCUT2D eigenvalue weighted by Crippen LogP contribution is 2.41.